The van der Waals surface area contributed by atoms with Gasteiger partial charge in [0, 0.05) is 0 Å². The molecule has 0 saturated heterocycles. The van der Waals surface area contributed by atoms with Crippen molar-refractivity contribution in [3.63, 3.8) is 0 Å². The van der Waals surface area contributed by atoms with Crippen LogP contribution in [-0.2, 0) is 0 Å². The molecular formula is C22H21N3. The molecule has 0 aliphatic carbocycles. The molecule has 0 aliphatic heterocycles. The minimum atomic E-state index is -0.151. The quantitative estimate of drug-likeness (QED) is 0.591. The van der Waals surface area contributed by atoms with Crippen LogP contribution in [0, 0.1) is 0 Å². The Morgan fingerprint density at radius 3 is 1.84 bits per heavy atom. The van der Waals surface area contributed by atoms with E-state index in [4.69, 9.17) is 10.7 Å². The number of para-hydroxylation sites is 2. The zero-order valence-electron chi connectivity index (χ0n) is 14.2. The third-order valence-electron chi connectivity index (χ3n) is 4.52. The lowest BCUT2D eigenvalue weighted by molar-refractivity contribution is 0.608. The summed E-state index contributed by atoms with van der Waals surface area (Å²) in [5, 5.41) is 0. The summed E-state index contributed by atoms with van der Waals surface area (Å²) < 4.78 is 2.28. The molecule has 1 atom stereocenters. The number of rotatable bonds is 4. The summed E-state index contributed by atoms with van der Waals surface area (Å²) in [6.07, 6.45) is 0. The van der Waals surface area contributed by atoms with Crippen molar-refractivity contribution >= 4 is 11.0 Å². The van der Waals surface area contributed by atoms with Crippen LogP contribution in [0.2, 0.25) is 0 Å². The Hall–Kier alpha value is -2.91. The van der Waals surface area contributed by atoms with Crippen LogP contribution in [-0.4, -0.2) is 9.55 Å². The Morgan fingerprint density at radius 2 is 1.28 bits per heavy atom. The molecular weight excluding hydrogens is 306 g/mol. The van der Waals surface area contributed by atoms with Crippen LogP contribution < -0.4 is 5.73 Å². The number of fused-ring (bicyclic) bond motifs is 1. The van der Waals surface area contributed by atoms with E-state index in [1.54, 1.807) is 0 Å². The molecule has 0 saturated carbocycles. The maximum atomic E-state index is 6.29. The monoisotopic (exact) mass is 327 g/mol. The third-order valence-corrected chi connectivity index (χ3v) is 4.52. The highest BCUT2D eigenvalue weighted by Crippen LogP contribution is 2.33. The van der Waals surface area contributed by atoms with Gasteiger partial charge in [-0.15, -0.1) is 0 Å². The predicted molar refractivity (Wildman–Crippen MR) is 102 cm³/mol. The average molecular weight is 327 g/mol. The van der Waals surface area contributed by atoms with Crippen molar-refractivity contribution < 1.29 is 0 Å². The van der Waals surface area contributed by atoms with Crippen molar-refractivity contribution in [3.05, 3.63) is 102 Å². The van der Waals surface area contributed by atoms with E-state index in [-0.39, 0.29) is 12.1 Å². The van der Waals surface area contributed by atoms with E-state index in [9.17, 15) is 0 Å². The summed E-state index contributed by atoms with van der Waals surface area (Å²) in [6.45, 7) is 1.99. The van der Waals surface area contributed by atoms with Crippen molar-refractivity contribution in [2.24, 2.45) is 5.73 Å². The highest BCUT2D eigenvalue weighted by molar-refractivity contribution is 5.76. The van der Waals surface area contributed by atoms with Crippen molar-refractivity contribution in [2.75, 3.05) is 0 Å². The van der Waals surface area contributed by atoms with Crippen LogP contribution in [0.4, 0.5) is 0 Å². The first-order valence-electron chi connectivity index (χ1n) is 8.58. The first-order valence-corrected chi connectivity index (χ1v) is 8.58. The second-order valence-corrected chi connectivity index (χ2v) is 6.34. The molecule has 0 radical (unpaired) electrons. The van der Waals surface area contributed by atoms with Gasteiger partial charge >= 0.3 is 0 Å². The van der Waals surface area contributed by atoms with Crippen LogP contribution in [0.1, 0.15) is 36.0 Å². The van der Waals surface area contributed by atoms with Gasteiger partial charge in [-0.05, 0) is 30.2 Å². The van der Waals surface area contributed by atoms with Gasteiger partial charge in [0.25, 0.3) is 0 Å². The number of imidazole rings is 1. The Labute approximate surface area is 147 Å². The van der Waals surface area contributed by atoms with Crippen molar-refractivity contribution in [3.8, 4) is 0 Å². The van der Waals surface area contributed by atoms with Crippen LogP contribution in [0.15, 0.2) is 84.9 Å². The molecule has 3 heteroatoms. The van der Waals surface area contributed by atoms with E-state index in [1.165, 1.54) is 11.1 Å². The molecule has 0 bridgehead atoms. The molecule has 3 aromatic carbocycles. The summed E-state index contributed by atoms with van der Waals surface area (Å²) in [6, 6.07) is 29.2. The Balaban J connectivity index is 2.03. The summed E-state index contributed by atoms with van der Waals surface area (Å²) in [5.74, 6) is 0.902. The number of nitrogens with two attached hydrogens (primary N) is 1. The van der Waals surface area contributed by atoms with Gasteiger partial charge in [0.2, 0.25) is 0 Å². The molecule has 124 valence electrons. The first-order chi connectivity index (χ1) is 12.3. The summed E-state index contributed by atoms with van der Waals surface area (Å²) in [4.78, 5) is 4.82. The number of hydrogen-bond donors (Lipinski definition) is 1. The van der Waals surface area contributed by atoms with Gasteiger partial charge in [-0.3, -0.25) is 0 Å². The molecule has 2 N–H and O–H groups in total. The topological polar surface area (TPSA) is 43.8 Å². The lowest BCUT2D eigenvalue weighted by Crippen LogP contribution is -2.19. The molecule has 1 heterocycles. The lowest BCUT2D eigenvalue weighted by Gasteiger charge is -2.24. The minimum Gasteiger partial charge on any atom is -0.322 e. The molecule has 0 fully saturated rings. The number of benzene rings is 3. The maximum Gasteiger partial charge on any atom is 0.127 e. The molecule has 0 amide bonds. The van der Waals surface area contributed by atoms with E-state index in [0.717, 1.165) is 16.9 Å². The van der Waals surface area contributed by atoms with Crippen LogP contribution >= 0.6 is 0 Å². The van der Waals surface area contributed by atoms with Crippen molar-refractivity contribution in [2.45, 2.75) is 19.0 Å². The second kappa shape index (κ2) is 6.54. The standard InChI is InChI=1S/C22H21N3/c1-16(23)22-24-19-14-8-9-15-20(19)25(22)21(17-10-4-2-5-11-17)18-12-6-3-7-13-18/h2-16,21H,23H2,1H3. The fraction of sp³-hybridized carbons (Fsp3) is 0.136. The fourth-order valence-electron chi connectivity index (χ4n) is 3.42. The van der Waals surface area contributed by atoms with Crippen LogP contribution in [0.25, 0.3) is 11.0 Å². The SMILES string of the molecule is CC(N)c1nc2ccccc2n1C(c1ccccc1)c1ccccc1. The normalized spacial score (nSPS) is 12.6. The summed E-state index contributed by atoms with van der Waals surface area (Å²) >= 11 is 0. The second-order valence-electron chi connectivity index (χ2n) is 6.34. The largest absolute Gasteiger partial charge is 0.322 e. The van der Waals surface area contributed by atoms with Gasteiger partial charge in [0.05, 0.1) is 23.1 Å². The van der Waals surface area contributed by atoms with E-state index in [2.05, 4.69) is 65.2 Å². The Morgan fingerprint density at radius 1 is 0.760 bits per heavy atom. The Kier molecular flexibility index (Phi) is 4.08. The average Bonchev–Trinajstić information content (AvgIpc) is 3.04. The number of aromatic nitrogens is 2. The zero-order chi connectivity index (χ0) is 17.2. The fourth-order valence-corrected chi connectivity index (χ4v) is 3.42. The van der Waals surface area contributed by atoms with E-state index >= 15 is 0 Å². The van der Waals surface area contributed by atoms with Crippen molar-refractivity contribution in [1.82, 2.24) is 9.55 Å². The van der Waals surface area contributed by atoms with Crippen molar-refractivity contribution in [1.29, 1.82) is 0 Å². The lowest BCUT2D eigenvalue weighted by atomic mass is 9.98. The molecule has 4 rings (SSSR count). The van der Waals surface area contributed by atoms with Gasteiger partial charge in [-0.1, -0.05) is 72.8 Å². The molecule has 0 aliphatic rings. The summed E-state index contributed by atoms with van der Waals surface area (Å²) in [7, 11) is 0. The first kappa shape index (κ1) is 15.6. The van der Waals surface area contributed by atoms with Crippen LogP contribution in [0.3, 0.4) is 0 Å². The maximum absolute atomic E-state index is 6.29. The Bertz CT molecular complexity index is 933. The van der Waals surface area contributed by atoms with Gasteiger partial charge in [0.1, 0.15) is 5.82 Å². The zero-order valence-corrected chi connectivity index (χ0v) is 14.2. The molecule has 25 heavy (non-hydrogen) atoms. The number of nitrogens with zero attached hydrogens (tertiary/aromatic N) is 2. The smallest absolute Gasteiger partial charge is 0.127 e. The predicted octanol–water partition coefficient (Wildman–Crippen LogP) is 4.69. The minimum absolute atomic E-state index is 0.0378. The number of hydrogen-bond acceptors (Lipinski definition) is 2. The third kappa shape index (κ3) is 2.83. The highest BCUT2D eigenvalue weighted by atomic mass is 15.1. The molecule has 0 spiro atoms. The summed E-state index contributed by atoms with van der Waals surface area (Å²) in [5.41, 5.74) is 10.8. The molecule has 1 aromatic heterocycles. The van der Waals surface area contributed by atoms with Gasteiger partial charge < -0.3 is 10.3 Å². The molecule has 4 aromatic rings. The van der Waals surface area contributed by atoms with E-state index in [0.29, 0.717) is 0 Å². The van der Waals surface area contributed by atoms with Crippen LogP contribution in [0.5, 0.6) is 0 Å². The van der Waals surface area contributed by atoms with Gasteiger partial charge in [-0.25, -0.2) is 4.98 Å². The highest BCUT2D eigenvalue weighted by Gasteiger charge is 2.23. The molecule has 1 unspecified atom stereocenters. The van der Waals surface area contributed by atoms with E-state index in [1.807, 2.05) is 31.2 Å². The molecule has 3 nitrogen and oxygen atoms in total. The van der Waals surface area contributed by atoms with E-state index < -0.39 is 0 Å². The van der Waals surface area contributed by atoms with Gasteiger partial charge in [-0.2, -0.15) is 0 Å². The van der Waals surface area contributed by atoms with Gasteiger partial charge in [0.15, 0.2) is 0 Å².